The van der Waals surface area contributed by atoms with Crippen LogP contribution in [0.2, 0.25) is 0 Å². The lowest BCUT2D eigenvalue weighted by atomic mass is 9.99. The molecule has 0 spiro atoms. The third-order valence-corrected chi connectivity index (χ3v) is 3.25. The molecule has 0 aromatic heterocycles. The van der Waals surface area contributed by atoms with Crippen LogP contribution >= 0.6 is 0 Å². The van der Waals surface area contributed by atoms with Gasteiger partial charge in [-0.1, -0.05) is 48.5 Å². The third-order valence-electron chi connectivity index (χ3n) is 3.25. The van der Waals surface area contributed by atoms with Crippen LogP contribution in [0.1, 0.15) is 18.6 Å². The average Bonchev–Trinajstić information content (AvgIpc) is 2.38. The van der Waals surface area contributed by atoms with Crippen molar-refractivity contribution in [2.24, 2.45) is 0 Å². The van der Waals surface area contributed by atoms with E-state index in [-0.39, 0.29) is 0 Å². The summed E-state index contributed by atoms with van der Waals surface area (Å²) in [6.07, 6.45) is -0.418. The van der Waals surface area contributed by atoms with Gasteiger partial charge in [0.15, 0.2) is 0 Å². The van der Waals surface area contributed by atoms with Crippen molar-refractivity contribution in [3.05, 3.63) is 60.2 Å². The normalized spacial score (nSPS) is 13.1. The molecule has 0 radical (unpaired) electrons. The summed E-state index contributed by atoms with van der Waals surface area (Å²) in [6.45, 7) is 1.80. The van der Waals surface area contributed by atoms with Crippen LogP contribution in [0.5, 0.6) is 0 Å². The van der Waals surface area contributed by atoms with Crippen molar-refractivity contribution in [1.82, 2.24) is 0 Å². The Morgan fingerprint density at radius 2 is 1.47 bits per heavy atom. The zero-order valence-corrected chi connectivity index (χ0v) is 9.72. The van der Waals surface area contributed by atoms with Gasteiger partial charge in [0.25, 0.3) is 0 Å². The Bertz CT molecular complexity index is 683. The van der Waals surface area contributed by atoms with E-state index >= 15 is 0 Å². The van der Waals surface area contributed by atoms with E-state index in [1.807, 2.05) is 12.1 Å². The summed E-state index contributed by atoms with van der Waals surface area (Å²) >= 11 is 0. The second kappa shape index (κ2) is 3.86. The van der Waals surface area contributed by atoms with E-state index in [2.05, 4.69) is 42.5 Å². The number of hydrogen-bond donors (Lipinski definition) is 1. The maximum atomic E-state index is 9.66. The van der Waals surface area contributed by atoms with Gasteiger partial charge in [0.2, 0.25) is 0 Å². The van der Waals surface area contributed by atoms with Crippen molar-refractivity contribution >= 4 is 21.5 Å². The van der Waals surface area contributed by atoms with E-state index < -0.39 is 6.10 Å². The van der Waals surface area contributed by atoms with Gasteiger partial charge >= 0.3 is 0 Å². The molecular weight excluding hydrogens is 208 g/mol. The van der Waals surface area contributed by atoms with Gasteiger partial charge in [-0.05, 0) is 40.1 Å². The lowest BCUT2D eigenvalue weighted by Crippen LogP contribution is -1.90. The van der Waals surface area contributed by atoms with E-state index in [9.17, 15) is 5.11 Å². The highest BCUT2D eigenvalue weighted by Crippen LogP contribution is 2.27. The standard InChI is InChI=1S/C16H14O/c1-11(17)14-9-8-13-7-6-12-4-2-3-5-15(12)16(13)10-14/h2-11,17H,1H3. The SMILES string of the molecule is CC(O)c1ccc2ccc3ccccc3c2c1. The molecular formula is C16H14O. The number of benzene rings is 3. The Balaban J connectivity index is 2.42. The lowest BCUT2D eigenvalue weighted by Gasteiger charge is -2.08. The molecule has 3 aromatic rings. The molecule has 0 saturated carbocycles. The zero-order valence-electron chi connectivity index (χ0n) is 9.72. The van der Waals surface area contributed by atoms with Crippen LogP contribution in [0, 0.1) is 0 Å². The van der Waals surface area contributed by atoms with Crippen LogP contribution in [0.15, 0.2) is 54.6 Å². The summed E-state index contributed by atoms with van der Waals surface area (Å²) in [5.41, 5.74) is 0.967. The molecule has 1 unspecified atom stereocenters. The van der Waals surface area contributed by atoms with Gasteiger partial charge in [0.1, 0.15) is 0 Å². The topological polar surface area (TPSA) is 20.2 Å². The first-order chi connectivity index (χ1) is 8.25. The van der Waals surface area contributed by atoms with Crippen LogP contribution in [-0.2, 0) is 0 Å². The smallest absolute Gasteiger partial charge is 0.0762 e. The highest BCUT2D eigenvalue weighted by molar-refractivity contribution is 6.07. The quantitative estimate of drug-likeness (QED) is 0.616. The lowest BCUT2D eigenvalue weighted by molar-refractivity contribution is 0.199. The van der Waals surface area contributed by atoms with Gasteiger partial charge in [0, 0.05) is 0 Å². The Labute approximate surface area is 100 Å². The van der Waals surface area contributed by atoms with E-state index in [0.29, 0.717) is 0 Å². The van der Waals surface area contributed by atoms with Crippen molar-refractivity contribution in [2.45, 2.75) is 13.0 Å². The number of fused-ring (bicyclic) bond motifs is 3. The van der Waals surface area contributed by atoms with E-state index in [1.165, 1.54) is 21.5 Å². The van der Waals surface area contributed by atoms with Crippen molar-refractivity contribution in [2.75, 3.05) is 0 Å². The first-order valence-corrected chi connectivity index (χ1v) is 5.85. The van der Waals surface area contributed by atoms with Gasteiger partial charge < -0.3 is 5.11 Å². The first-order valence-electron chi connectivity index (χ1n) is 5.85. The molecule has 0 aliphatic rings. The van der Waals surface area contributed by atoms with Crippen molar-refractivity contribution in [1.29, 1.82) is 0 Å². The molecule has 1 N–H and O–H groups in total. The Morgan fingerprint density at radius 3 is 2.24 bits per heavy atom. The fourth-order valence-electron chi connectivity index (χ4n) is 2.28. The Morgan fingerprint density at radius 1 is 0.824 bits per heavy atom. The fourth-order valence-corrected chi connectivity index (χ4v) is 2.28. The maximum absolute atomic E-state index is 9.66. The molecule has 0 fully saturated rings. The first kappa shape index (κ1) is 10.3. The Kier molecular flexibility index (Phi) is 2.34. The molecule has 3 aromatic carbocycles. The van der Waals surface area contributed by atoms with Crippen LogP contribution in [0.4, 0.5) is 0 Å². The molecule has 0 aliphatic heterocycles. The molecule has 0 saturated heterocycles. The molecule has 0 aliphatic carbocycles. The minimum atomic E-state index is -0.418. The summed E-state index contributed by atoms with van der Waals surface area (Å²) in [5, 5.41) is 14.6. The maximum Gasteiger partial charge on any atom is 0.0762 e. The predicted molar refractivity (Wildman–Crippen MR) is 72.1 cm³/mol. The van der Waals surface area contributed by atoms with Gasteiger partial charge in [-0.3, -0.25) is 0 Å². The van der Waals surface area contributed by atoms with Crippen molar-refractivity contribution in [3.63, 3.8) is 0 Å². The molecule has 0 heterocycles. The van der Waals surface area contributed by atoms with Crippen LogP contribution in [-0.4, -0.2) is 5.11 Å². The zero-order chi connectivity index (χ0) is 11.8. The van der Waals surface area contributed by atoms with Crippen LogP contribution < -0.4 is 0 Å². The molecule has 17 heavy (non-hydrogen) atoms. The monoisotopic (exact) mass is 222 g/mol. The van der Waals surface area contributed by atoms with Gasteiger partial charge in [-0.2, -0.15) is 0 Å². The Hall–Kier alpha value is -1.86. The molecule has 1 heteroatoms. The summed E-state index contributed by atoms with van der Waals surface area (Å²) in [7, 11) is 0. The number of rotatable bonds is 1. The van der Waals surface area contributed by atoms with Crippen LogP contribution in [0.3, 0.4) is 0 Å². The summed E-state index contributed by atoms with van der Waals surface area (Å²) < 4.78 is 0. The van der Waals surface area contributed by atoms with Crippen molar-refractivity contribution in [3.8, 4) is 0 Å². The molecule has 3 rings (SSSR count). The van der Waals surface area contributed by atoms with E-state index in [4.69, 9.17) is 0 Å². The second-order valence-electron chi connectivity index (χ2n) is 4.44. The highest BCUT2D eigenvalue weighted by Gasteiger charge is 2.04. The summed E-state index contributed by atoms with van der Waals surface area (Å²) in [6, 6.07) is 18.8. The number of aliphatic hydroxyl groups is 1. The minimum absolute atomic E-state index is 0.418. The number of aliphatic hydroxyl groups excluding tert-OH is 1. The van der Waals surface area contributed by atoms with Gasteiger partial charge in [0.05, 0.1) is 6.10 Å². The third kappa shape index (κ3) is 1.69. The largest absolute Gasteiger partial charge is 0.389 e. The second-order valence-corrected chi connectivity index (χ2v) is 4.44. The fraction of sp³-hybridized carbons (Fsp3) is 0.125. The summed E-state index contributed by atoms with van der Waals surface area (Å²) in [5.74, 6) is 0. The summed E-state index contributed by atoms with van der Waals surface area (Å²) in [4.78, 5) is 0. The number of hydrogen-bond acceptors (Lipinski definition) is 1. The highest BCUT2D eigenvalue weighted by atomic mass is 16.3. The predicted octanol–water partition coefficient (Wildman–Crippen LogP) is 4.05. The molecule has 1 atom stereocenters. The molecule has 1 nitrogen and oxygen atoms in total. The van der Waals surface area contributed by atoms with E-state index in [0.717, 1.165) is 5.56 Å². The molecule has 84 valence electrons. The molecule has 0 bridgehead atoms. The van der Waals surface area contributed by atoms with Gasteiger partial charge in [-0.15, -0.1) is 0 Å². The van der Waals surface area contributed by atoms with Crippen molar-refractivity contribution < 1.29 is 5.11 Å². The van der Waals surface area contributed by atoms with Crippen LogP contribution in [0.25, 0.3) is 21.5 Å². The van der Waals surface area contributed by atoms with Gasteiger partial charge in [-0.25, -0.2) is 0 Å². The van der Waals surface area contributed by atoms with E-state index in [1.54, 1.807) is 6.92 Å². The average molecular weight is 222 g/mol. The molecule has 0 amide bonds. The minimum Gasteiger partial charge on any atom is -0.389 e.